The first kappa shape index (κ1) is 43.8. The van der Waals surface area contributed by atoms with Gasteiger partial charge in [0.15, 0.2) is 5.71 Å². The van der Waals surface area contributed by atoms with Crippen molar-refractivity contribution in [1.29, 1.82) is 0 Å². The molecule has 57 heavy (non-hydrogen) atoms. The fourth-order valence-electron chi connectivity index (χ4n) is 8.70. The molecule has 0 saturated carbocycles. The standard InChI is InChI=1S/C46H62N4O6S/c1-7-9-28-50-39-21-15-13-19-37(39)45(5,6)41(50)25-23-35-30-34(22-24-40-44(3,4)36-18-12-14-20-38(36)49(40)27-8-2)31-46(32-35,43(53)48-33-57(54,55)56)42(52)47-26-16-10-11-17-29-51/h12-15,18-25,30,51H,7-11,16-17,26-29,31-33H2,1-6H3,(H2-,47,48,52,53,54,55,56)/p+1. The van der Waals surface area contributed by atoms with Crippen LogP contribution < -0.4 is 15.5 Å². The lowest BCUT2D eigenvalue weighted by Crippen LogP contribution is -2.53. The molecule has 10 nitrogen and oxygen atoms in total. The van der Waals surface area contributed by atoms with Crippen molar-refractivity contribution in [3.8, 4) is 0 Å². The summed E-state index contributed by atoms with van der Waals surface area (Å²) < 4.78 is 35.7. The number of carbonyl (C=O) groups excluding carboxylic acids is 2. The van der Waals surface area contributed by atoms with Crippen LogP contribution >= 0.6 is 0 Å². The number of hydrogen-bond donors (Lipinski definition) is 4. The van der Waals surface area contributed by atoms with Crippen LogP contribution in [0, 0.1) is 5.41 Å². The van der Waals surface area contributed by atoms with Crippen LogP contribution in [0.25, 0.3) is 0 Å². The Morgan fingerprint density at radius 2 is 1.51 bits per heavy atom. The van der Waals surface area contributed by atoms with Gasteiger partial charge in [-0.25, -0.2) is 0 Å². The second kappa shape index (κ2) is 18.5. The van der Waals surface area contributed by atoms with E-state index in [4.69, 9.17) is 0 Å². The number of carbonyl (C=O) groups is 2. The zero-order valence-electron chi connectivity index (χ0n) is 34.7. The van der Waals surface area contributed by atoms with Crippen molar-refractivity contribution >= 4 is 39.0 Å². The fourth-order valence-corrected chi connectivity index (χ4v) is 9.01. The van der Waals surface area contributed by atoms with Crippen molar-refractivity contribution in [2.75, 3.05) is 37.0 Å². The number of aliphatic hydroxyl groups is 1. The zero-order chi connectivity index (χ0) is 41.4. The lowest BCUT2D eigenvalue weighted by Gasteiger charge is -2.35. The van der Waals surface area contributed by atoms with Crippen molar-refractivity contribution in [3.63, 3.8) is 0 Å². The van der Waals surface area contributed by atoms with Crippen LogP contribution in [0.4, 0.5) is 11.4 Å². The highest BCUT2D eigenvalue weighted by Crippen LogP contribution is 2.48. The van der Waals surface area contributed by atoms with Gasteiger partial charge in [0.2, 0.25) is 17.5 Å². The average Bonchev–Trinajstić information content (AvgIpc) is 3.53. The number of amides is 2. The quantitative estimate of drug-likeness (QED) is 0.0523. The van der Waals surface area contributed by atoms with Crippen LogP contribution in [-0.2, 0) is 30.5 Å². The first-order valence-corrected chi connectivity index (χ1v) is 22.3. The second-order valence-corrected chi connectivity index (χ2v) is 18.2. The second-order valence-electron chi connectivity index (χ2n) is 16.7. The average molecular weight is 800 g/mol. The largest absolute Gasteiger partial charge is 0.396 e. The number of hydrogen-bond acceptors (Lipinski definition) is 6. The normalized spacial score (nSPS) is 21.3. The third-order valence-corrected chi connectivity index (χ3v) is 12.2. The molecule has 3 aliphatic rings. The summed E-state index contributed by atoms with van der Waals surface area (Å²) >= 11 is 0. The van der Waals surface area contributed by atoms with Crippen molar-refractivity contribution in [2.24, 2.45) is 5.41 Å². The maximum Gasteiger partial charge on any atom is 0.283 e. The van der Waals surface area contributed by atoms with Crippen LogP contribution in [0.5, 0.6) is 0 Å². The Balaban J connectivity index is 1.62. The molecule has 1 aliphatic carbocycles. The lowest BCUT2D eigenvalue weighted by atomic mass is 9.70. The zero-order valence-corrected chi connectivity index (χ0v) is 35.6. The highest BCUT2D eigenvalue weighted by molar-refractivity contribution is 7.85. The molecule has 1 unspecified atom stereocenters. The summed E-state index contributed by atoms with van der Waals surface area (Å²) in [5.41, 5.74) is 6.22. The van der Waals surface area contributed by atoms with Gasteiger partial charge in [0.25, 0.3) is 10.1 Å². The summed E-state index contributed by atoms with van der Waals surface area (Å²) in [6, 6.07) is 16.9. The summed E-state index contributed by atoms with van der Waals surface area (Å²) in [7, 11) is -4.56. The van der Waals surface area contributed by atoms with Gasteiger partial charge in [-0.15, -0.1) is 0 Å². The van der Waals surface area contributed by atoms with E-state index in [-0.39, 0.29) is 30.3 Å². The molecule has 2 aliphatic heterocycles. The Labute approximate surface area is 340 Å². The Kier molecular flexibility index (Phi) is 14.2. The molecule has 2 amide bonds. The predicted octanol–water partition coefficient (Wildman–Crippen LogP) is 7.77. The van der Waals surface area contributed by atoms with Gasteiger partial charge in [-0.2, -0.15) is 13.0 Å². The summed E-state index contributed by atoms with van der Waals surface area (Å²) in [5, 5.41) is 14.6. The van der Waals surface area contributed by atoms with E-state index in [0.717, 1.165) is 67.7 Å². The minimum atomic E-state index is -4.56. The van der Waals surface area contributed by atoms with Crippen molar-refractivity contribution in [1.82, 2.24) is 10.6 Å². The smallest absolute Gasteiger partial charge is 0.283 e. The van der Waals surface area contributed by atoms with E-state index in [9.17, 15) is 27.7 Å². The first-order chi connectivity index (χ1) is 27.1. The van der Waals surface area contributed by atoms with E-state index >= 15 is 0 Å². The summed E-state index contributed by atoms with van der Waals surface area (Å²) in [4.78, 5) is 31.1. The van der Waals surface area contributed by atoms with Crippen LogP contribution in [0.3, 0.4) is 0 Å². The molecule has 0 spiro atoms. The number of anilines is 1. The Morgan fingerprint density at radius 1 is 0.825 bits per heavy atom. The molecule has 2 aromatic rings. The maximum atomic E-state index is 14.5. The topological polar surface area (TPSA) is 139 Å². The highest BCUT2D eigenvalue weighted by atomic mass is 32.2. The van der Waals surface area contributed by atoms with Crippen LogP contribution in [0.2, 0.25) is 0 Å². The van der Waals surface area contributed by atoms with Crippen LogP contribution in [-0.4, -0.2) is 72.3 Å². The Hall–Kier alpha value is -4.32. The van der Waals surface area contributed by atoms with Gasteiger partial charge in [0, 0.05) is 60.6 Å². The molecule has 11 heteroatoms. The van der Waals surface area contributed by atoms with E-state index in [0.29, 0.717) is 19.4 Å². The molecule has 0 aromatic heterocycles. The summed E-state index contributed by atoms with van der Waals surface area (Å²) in [6.07, 6.45) is 16.3. The minimum Gasteiger partial charge on any atom is -0.396 e. The molecule has 0 bridgehead atoms. The van der Waals surface area contributed by atoms with Crippen LogP contribution in [0.15, 0.2) is 95.8 Å². The first-order valence-electron chi connectivity index (χ1n) is 20.6. The Bertz CT molecular complexity index is 2080. The van der Waals surface area contributed by atoms with E-state index < -0.39 is 33.2 Å². The van der Waals surface area contributed by atoms with Gasteiger partial charge in [0.05, 0.1) is 5.41 Å². The Morgan fingerprint density at radius 3 is 2.21 bits per heavy atom. The highest BCUT2D eigenvalue weighted by Gasteiger charge is 2.49. The van der Waals surface area contributed by atoms with Gasteiger partial charge < -0.3 is 20.6 Å². The number of nitrogens with zero attached hydrogens (tertiary/aromatic N) is 2. The van der Waals surface area contributed by atoms with Crippen molar-refractivity contribution < 1.29 is 32.2 Å². The number of unbranched alkanes of at least 4 members (excludes halogenated alkanes) is 4. The molecule has 0 radical (unpaired) electrons. The fraction of sp³-hybridized carbons (Fsp3) is 0.500. The van der Waals surface area contributed by atoms with E-state index in [1.165, 1.54) is 22.5 Å². The molecule has 308 valence electrons. The number of rotatable bonds is 18. The number of aliphatic hydroxyl groups excluding tert-OH is 1. The van der Waals surface area contributed by atoms with E-state index in [1.807, 2.05) is 12.2 Å². The van der Waals surface area contributed by atoms with Crippen molar-refractivity contribution in [3.05, 3.63) is 107 Å². The predicted molar refractivity (Wildman–Crippen MR) is 229 cm³/mol. The number of benzene rings is 2. The maximum absolute atomic E-state index is 14.5. The molecule has 2 aromatic carbocycles. The van der Waals surface area contributed by atoms with Gasteiger partial charge in [0.1, 0.15) is 17.8 Å². The van der Waals surface area contributed by atoms with E-state index in [1.54, 1.807) is 0 Å². The lowest BCUT2D eigenvalue weighted by molar-refractivity contribution is -0.437. The third kappa shape index (κ3) is 9.70. The van der Waals surface area contributed by atoms with Gasteiger partial charge >= 0.3 is 0 Å². The number of allylic oxidation sites excluding steroid dienone is 8. The van der Waals surface area contributed by atoms with Crippen LogP contribution in [0.1, 0.15) is 110 Å². The van der Waals surface area contributed by atoms with Gasteiger partial charge in [-0.1, -0.05) is 102 Å². The third-order valence-electron chi connectivity index (χ3n) is 11.7. The van der Waals surface area contributed by atoms with E-state index in [2.05, 4.69) is 128 Å². The summed E-state index contributed by atoms with van der Waals surface area (Å²) in [5.74, 6) is -2.26. The monoisotopic (exact) mass is 799 g/mol. The molecule has 5 rings (SSSR count). The SMILES string of the molecule is CCCCN1C(=CC=C2C=C(C=CC3=[N+](CCC)c4ccccc4C3(C)C)CC(C(=O)NCCCCCCO)(C(=O)NCS(=O)(=O)O)C2)C(C)(C)c2ccccc21. The van der Waals surface area contributed by atoms with Crippen molar-refractivity contribution in [2.45, 2.75) is 110 Å². The molecule has 1 atom stereocenters. The molecule has 0 saturated heterocycles. The van der Waals surface area contributed by atoms with Gasteiger partial charge in [-0.05, 0) is 74.8 Å². The molecule has 4 N–H and O–H groups in total. The number of fused-ring (bicyclic) bond motifs is 2. The van der Waals surface area contributed by atoms with Gasteiger partial charge in [-0.3, -0.25) is 14.1 Å². The summed E-state index contributed by atoms with van der Waals surface area (Å²) in [6.45, 7) is 15.3. The number of para-hydroxylation sites is 2. The minimum absolute atomic E-state index is 0.0268. The molecule has 2 heterocycles. The molecule has 0 fully saturated rings. The molecular formula is C46H63N4O6S+. The molecular weight excluding hydrogens is 737 g/mol. The number of nitrogens with one attached hydrogen (secondary N) is 2.